The van der Waals surface area contributed by atoms with E-state index >= 15 is 0 Å². The van der Waals surface area contributed by atoms with Gasteiger partial charge < -0.3 is 0 Å². The summed E-state index contributed by atoms with van der Waals surface area (Å²) in [5.41, 5.74) is 1.89. The highest BCUT2D eigenvalue weighted by Gasteiger charge is 2.20. The summed E-state index contributed by atoms with van der Waals surface area (Å²) in [6, 6.07) is 6.32. The molecule has 0 aromatic carbocycles. The van der Waals surface area contributed by atoms with Crippen molar-refractivity contribution in [2.24, 2.45) is 5.92 Å². The molecular weight excluding hydrogens is 261 g/mol. The van der Waals surface area contributed by atoms with Crippen LogP contribution in [0.15, 0.2) is 73.0 Å². The number of pyridine rings is 1. The van der Waals surface area contributed by atoms with Crippen LogP contribution >= 0.6 is 7.55 Å². The monoisotopic (exact) mass is 281 g/mol. The van der Waals surface area contributed by atoms with E-state index in [0.717, 1.165) is 6.42 Å². The first-order chi connectivity index (χ1) is 9.86. The zero-order valence-corrected chi connectivity index (χ0v) is 12.7. The van der Waals surface area contributed by atoms with Crippen molar-refractivity contribution < 1.29 is 0 Å². The maximum Gasteiger partial charge on any atom is 0.0606 e. The van der Waals surface area contributed by atoms with Crippen molar-refractivity contribution in [2.45, 2.75) is 19.0 Å². The van der Waals surface area contributed by atoms with Gasteiger partial charge in [0, 0.05) is 11.9 Å². The molecule has 0 N–H and O–H groups in total. The molecule has 1 nitrogen and oxygen atoms in total. The first-order valence-electron chi connectivity index (χ1n) is 7.20. The van der Waals surface area contributed by atoms with Crippen LogP contribution in [0, 0.1) is 5.92 Å². The summed E-state index contributed by atoms with van der Waals surface area (Å²) >= 11 is 0. The zero-order valence-electron chi connectivity index (χ0n) is 11.7. The van der Waals surface area contributed by atoms with Gasteiger partial charge in [-0.3, -0.25) is 4.98 Å². The Hall–Kier alpha value is -1.59. The summed E-state index contributed by atoms with van der Waals surface area (Å²) in [5.74, 6) is 0.523. The van der Waals surface area contributed by atoms with Gasteiger partial charge in [-0.25, -0.2) is 0 Å². The average Bonchev–Trinajstić information content (AvgIpc) is 2.52. The number of hydrogen-bond acceptors (Lipinski definition) is 1. The van der Waals surface area contributed by atoms with E-state index in [9.17, 15) is 0 Å². The highest BCUT2D eigenvalue weighted by molar-refractivity contribution is 7.67. The van der Waals surface area contributed by atoms with Crippen molar-refractivity contribution in [3.05, 3.63) is 73.0 Å². The van der Waals surface area contributed by atoms with Gasteiger partial charge in [0.25, 0.3) is 0 Å². The van der Waals surface area contributed by atoms with Crippen LogP contribution in [0.25, 0.3) is 0 Å². The predicted molar refractivity (Wildman–Crippen MR) is 91.3 cm³/mol. The fourth-order valence-corrected chi connectivity index (χ4v) is 5.98. The van der Waals surface area contributed by atoms with E-state index in [4.69, 9.17) is 0 Å². The molecule has 3 rings (SSSR count). The molecule has 0 saturated heterocycles. The van der Waals surface area contributed by atoms with Gasteiger partial charge in [0.15, 0.2) is 0 Å². The van der Waals surface area contributed by atoms with Crippen LogP contribution in [-0.2, 0) is 0 Å². The Bertz CT molecular complexity index is 620. The van der Waals surface area contributed by atoms with Gasteiger partial charge in [-0.05, 0) is 29.8 Å². The van der Waals surface area contributed by atoms with Gasteiger partial charge in [-0.2, -0.15) is 0 Å². The SMILES string of the molecule is C[C@@H]1C=CC=C/C1=[PH](\c1ccccn1)[C@@H]1C=CC=CC1. The van der Waals surface area contributed by atoms with Gasteiger partial charge in [0.2, 0.25) is 0 Å². The molecule has 3 atom stereocenters. The minimum Gasteiger partial charge on any atom is -0.257 e. The third-order valence-corrected chi connectivity index (χ3v) is 7.14. The Morgan fingerprint density at radius 3 is 2.70 bits per heavy atom. The lowest BCUT2D eigenvalue weighted by Crippen LogP contribution is -2.19. The third-order valence-electron chi connectivity index (χ3n) is 3.88. The van der Waals surface area contributed by atoms with E-state index in [1.165, 1.54) is 5.44 Å². The first kappa shape index (κ1) is 13.4. The standard InChI is InChI=1S/C18H20NP/c1-15-9-5-6-12-17(15)20(16-10-3-2-4-11-16)18-13-7-8-14-19-18/h2-10,12-16,20H,11H2,1H3/t15-,16-/m1/s1. The molecule has 2 aliphatic carbocycles. The highest BCUT2D eigenvalue weighted by Crippen LogP contribution is 2.38. The summed E-state index contributed by atoms with van der Waals surface area (Å²) in [7, 11) is -0.843. The molecule has 1 aromatic heterocycles. The van der Waals surface area contributed by atoms with E-state index < -0.39 is 7.55 Å². The summed E-state index contributed by atoms with van der Waals surface area (Å²) in [6.07, 6.45) is 21.0. The van der Waals surface area contributed by atoms with E-state index in [-0.39, 0.29) is 0 Å². The second-order valence-corrected chi connectivity index (χ2v) is 7.93. The van der Waals surface area contributed by atoms with Crippen LogP contribution in [0.5, 0.6) is 0 Å². The normalized spacial score (nSPS) is 27.8. The fraction of sp³-hybridized carbons (Fsp3) is 0.222. The number of allylic oxidation sites excluding steroid dienone is 8. The van der Waals surface area contributed by atoms with E-state index in [2.05, 4.69) is 72.6 Å². The maximum atomic E-state index is 4.67. The Kier molecular flexibility index (Phi) is 4.18. The van der Waals surface area contributed by atoms with Crippen molar-refractivity contribution in [1.29, 1.82) is 0 Å². The lowest BCUT2D eigenvalue weighted by molar-refractivity contribution is 1.01. The Morgan fingerprint density at radius 1 is 1.10 bits per heavy atom. The topological polar surface area (TPSA) is 12.9 Å². The maximum absolute atomic E-state index is 4.67. The lowest BCUT2D eigenvalue weighted by Gasteiger charge is -2.25. The van der Waals surface area contributed by atoms with Crippen LogP contribution in [0.1, 0.15) is 13.3 Å². The molecule has 1 unspecified atom stereocenters. The molecule has 0 spiro atoms. The molecule has 102 valence electrons. The average molecular weight is 281 g/mol. The largest absolute Gasteiger partial charge is 0.257 e. The molecule has 2 aliphatic rings. The van der Waals surface area contributed by atoms with Gasteiger partial charge in [0.05, 0.1) is 5.44 Å². The summed E-state index contributed by atoms with van der Waals surface area (Å²) in [4.78, 5) is 4.67. The Balaban J connectivity index is 2.11. The van der Waals surface area contributed by atoms with Crippen LogP contribution in [-0.4, -0.2) is 15.9 Å². The second kappa shape index (κ2) is 6.24. The van der Waals surface area contributed by atoms with Crippen molar-refractivity contribution in [2.75, 3.05) is 0 Å². The Morgan fingerprint density at radius 2 is 2.00 bits per heavy atom. The molecule has 0 radical (unpaired) electrons. The highest BCUT2D eigenvalue weighted by atomic mass is 31.1. The summed E-state index contributed by atoms with van der Waals surface area (Å²) in [6.45, 7) is 2.30. The van der Waals surface area contributed by atoms with Crippen molar-refractivity contribution in [3.63, 3.8) is 0 Å². The predicted octanol–water partition coefficient (Wildman–Crippen LogP) is 3.74. The molecule has 0 bridgehead atoms. The smallest absolute Gasteiger partial charge is 0.0606 e. The molecule has 1 heterocycles. The van der Waals surface area contributed by atoms with Crippen LogP contribution < -0.4 is 5.44 Å². The molecule has 0 amide bonds. The summed E-state index contributed by atoms with van der Waals surface area (Å²) in [5, 5.41) is 1.57. The van der Waals surface area contributed by atoms with Gasteiger partial charge >= 0.3 is 0 Å². The van der Waals surface area contributed by atoms with Gasteiger partial charge in [-0.15, -0.1) is 0 Å². The molecular formula is C18H20NP. The fourth-order valence-electron chi connectivity index (χ4n) is 2.85. The second-order valence-electron chi connectivity index (χ2n) is 5.27. The van der Waals surface area contributed by atoms with E-state index in [1.54, 1.807) is 5.29 Å². The molecule has 20 heavy (non-hydrogen) atoms. The zero-order chi connectivity index (χ0) is 13.8. The molecule has 0 saturated carbocycles. The van der Waals surface area contributed by atoms with E-state index in [1.807, 2.05) is 12.3 Å². The van der Waals surface area contributed by atoms with Crippen molar-refractivity contribution in [3.8, 4) is 0 Å². The van der Waals surface area contributed by atoms with Gasteiger partial charge in [-0.1, -0.05) is 69.1 Å². The minimum absolute atomic E-state index is 0.523. The van der Waals surface area contributed by atoms with Crippen LogP contribution in [0.4, 0.5) is 0 Å². The lowest BCUT2D eigenvalue weighted by atomic mass is 10.0. The molecule has 0 fully saturated rings. The minimum atomic E-state index is -0.843. The Labute approximate surface area is 121 Å². The number of aromatic nitrogens is 1. The van der Waals surface area contributed by atoms with Gasteiger partial charge in [0.1, 0.15) is 0 Å². The number of nitrogens with zero attached hydrogens (tertiary/aromatic N) is 1. The molecule has 1 aromatic rings. The third kappa shape index (κ3) is 2.78. The number of rotatable bonds is 2. The van der Waals surface area contributed by atoms with Crippen molar-refractivity contribution >= 4 is 18.3 Å². The first-order valence-corrected chi connectivity index (χ1v) is 8.77. The number of hydrogen-bond donors (Lipinski definition) is 0. The van der Waals surface area contributed by atoms with Crippen LogP contribution in [0.3, 0.4) is 0 Å². The van der Waals surface area contributed by atoms with E-state index in [0.29, 0.717) is 11.6 Å². The quantitative estimate of drug-likeness (QED) is 0.753. The molecule has 2 heteroatoms. The van der Waals surface area contributed by atoms with Crippen molar-refractivity contribution in [1.82, 2.24) is 4.98 Å². The summed E-state index contributed by atoms with van der Waals surface area (Å²) < 4.78 is 0. The molecule has 0 aliphatic heterocycles. The van der Waals surface area contributed by atoms with Crippen LogP contribution in [0.2, 0.25) is 0 Å².